The van der Waals surface area contributed by atoms with Crippen LogP contribution < -0.4 is 0 Å². The third-order valence-corrected chi connectivity index (χ3v) is 0. The van der Waals surface area contributed by atoms with Crippen LogP contribution in [0.5, 0.6) is 0 Å². The van der Waals surface area contributed by atoms with Gasteiger partial charge in [-0.05, 0) is 0 Å². The third-order valence-electron chi connectivity index (χ3n) is 0. The van der Waals surface area contributed by atoms with Crippen LogP contribution in [0.3, 0.4) is 0 Å². The standard InChI is InChI=1S/3H2O.2Tm/h3*1H2;;. The zero-order chi connectivity index (χ0) is 0. The van der Waals surface area contributed by atoms with Gasteiger partial charge >= 0.3 is 0 Å². The van der Waals surface area contributed by atoms with E-state index >= 15 is 0 Å². The van der Waals surface area contributed by atoms with E-state index in [9.17, 15) is 0 Å². The second kappa shape index (κ2) is 32.9. The van der Waals surface area contributed by atoms with Gasteiger partial charge in [-0.15, -0.1) is 0 Å². The Kier molecular flexibility index (Phi) is 354. The van der Waals surface area contributed by atoms with Crippen molar-refractivity contribution in [2.45, 2.75) is 0 Å². The van der Waals surface area contributed by atoms with Gasteiger partial charge in [0.15, 0.2) is 0 Å². The molecule has 50 valence electrons. The van der Waals surface area contributed by atoms with E-state index < -0.39 is 0 Å². The summed E-state index contributed by atoms with van der Waals surface area (Å²) >= 11 is 0. The van der Waals surface area contributed by atoms with E-state index in [1.165, 1.54) is 0 Å². The van der Waals surface area contributed by atoms with Crippen molar-refractivity contribution in [1.82, 2.24) is 0 Å². The van der Waals surface area contributed by atoms with Gasteiger partial charge in [-0.1, -0.05) is 0 Å². The summed E-state index contributed by atoms with van der Waals surface area (Å²) in [7, 11) is 0. The average Bonchev–Trinajstić information content (AvgIpc) is 0. The van der Waals surface area contributed by atoms with Crippen LogP contribution >= 0.6 is 0 Å². The van der Waals surface area contributed by atoms with Gasteiger partial charge in [0.2, 0.25) is 0 Å². The first-order chi connectivity index (χ1) is 0. The average molecular weight is 392 g/mol. The van der Waals surface area contributed by atoms with Crippen LogP contribution in [0.15, 0.2) is 0 Å². The Morgan fingerprint density at radius 2 is 0.400 bits per heavy atom. The maximum Gasteiger partial charge on any atom is 0 e. The van der Waals surface area contributed by atoms with Crippen LogP contribution in [0.25, 0.3) is 0 Å². The fraction of sp³-hybridized carbons (Fsp3) is 0. The van der Waals surface area contributed by atoms with Gasteiger partial charge in [-0.25, -0.2) is 0 Å². The summed E-state index contributed by atoms with van der Waals surface area (Å²) in [6, 6.07) is 0. The fourth-order valence-corrected chi connectivity index (χ4v) is 0. The SMILES string of the molecule is O.O.O.[Tm].[Tm]. The molecule has 0 aromatic rings. The van der Waals surface area contributed by atoms with Gasteiger partial charge in [-0.3, -0.25) is 0 Å². The van der Waals surface area contributed by atoms with Crippen molar-refractivity contribution in [3.63, 3.8) is 0 Å². The van der Waals surface area contributed by atoms with Crippen LogP contribution in [0.4, 0.5) is 0 Å². The van der Waals surface area contributed by atoms with E-state index in [-0.39, 0.29) is 90.2 Å². The second-order valence-electron chi connectivity index (χ2n) is 0. The van der Waals surface area contributed by atoms with Gasteiger partial charge in [0.1, 0.15) is 0 Å². The van der Waals surface area contributed by atoms with Crippen LogP contribution in [0.1, 0.15) is 0 Å². The summed E-state index contributed by atoms with van der Waals surface area (Å²) in [6.45, 7) is 0. The molecule has 0 atom stereocenters. The Labute approximate surface area is 88.4 Å². The van der Waals surface area contributed by atoms with E-state index in [1.54, 1.807) is 0 Å². The predicted octanol–water partition coefficient (Wildman–Crippen LogP) is -2.47. The Bertz CT molecular complexity index is 4.85. The van der Waals surface area contributed by atoms with Crippen LogP contribution in [-0.2, 0) is 0 Å². The van der Waals surface area contributed by atoms with Crippen molar-refractivity contribution in [3.05, 3.63) is 0 Å². The van der Waals surface area contributed by atoms with E-state index in [1.807, 2.05) is 0 Å². The molecular weight excluding hydrogens is 386 g/mol. The topological polar surface area (TPSA) is 94.5 Å². The minimum Gasteiger partial charge on any atom is -0.412 e. The molecule has 0 heterocycles. The Morgan fingerprint density at radius 3 is 0.400 bits per heavy atom. The van der Waals surface area contributed by atoms with Crippen molar-refractivity contribution in [1.29, 1.82) is 0 Å². The predicted molar refractivity (Wildman–Crippen MR) is 10.8 cm³/mol. The van der Waals surface area contributed by atoms with Gasteiger partial charge in [0.25, 0.3) is 0 Å². The Balaban J connectivity index is 0. The molecule has 5 heteroatoms. The van der Waals surface area contributed by atoms with Gasteiger partial charge in [0.05, 0.1) is 0 Å². The van der Waals surface area contributed by atoms with E-state index in [4.69, 9.17) is 0 Å². The molecule has 0 rings (SSSR count). The summed E-state index contributed by atoms with van der Waals surface area (Å²) in [5, 5.41) is 0. The van der Waals surface area contributed by atoms with Crippen molar-refractivity contribution >= 4 is 0 Å². The minimum absolute atomic E-state index is 0. The quantitative estimate of drug-likeness (QED) is 0.437. The van der Waals surface area contributed by atoms with Crippen molar-refractivity contribution in [2.24, 2.45) is 0 Å². The third kappa shape index (κ3) is 21.8. The Morgan fingerprint density at radius 1 is 0.400 bits per heavy atom. The van der Waals surface area contributed by atoms with Crippen molar-refractivity contribution < 1.29 is 90.2 Å². The molecule has 0 aromatic heterocycles. The molecule has 2 radical (unpaired) electrons. The second-order valence-corrected chi connectivity index (χ2v) is 0. The van der Waals surface area contributed by atoms with Crippen LogP contribution in [0, 0.1) is 73.7 Å². The number of hydrogen-bond donors (Lipinski definition) is 0. The monoisotopic (exact) mass is 392 g/mol. The van der Waals surface area contributed by atoms with Crippen molar-refractivity contribution in [2.75, 3.05) is 0 Å². The first-order valence-corrected chi connectivity index (χ1v) is 0. The zero-order valence-electron chi connectivity index (χ0n) is 2.05. The number of rotatable bonds is 0. The fourth-order valence-electron chi connectivity index (χ4n) is 0. The first-order valence-electron chi connectivity index (χ1n) is 0. The zero-order valence-corrected chi connectivity index (χ0v) is 5.61. The molecular formula is H6O3Tm2. The molecule has 0 aromatic carbocycles. The number of hydrogen-bond acceptors (Lipinski definition) is 0. The van der Waals surface area contributed by atoms with Crippen molar-refractivity contribution in [3.8, 4) is 0 Å². The van der Waals surface area contributed by atoms with E-state index in [0.717, 1.165) is 0 Å². The summed E-state index contributed by atoms with van der Waals surface area (Å²) < 4.78 is 0. The molecule has 0 aliphatic heterocycles. The maximum absolute atomic E-state index is 0. The molecule has 0 saturated carbocycles. The minimum atomic E-state index is 0. The summed E-state index contributed by atoms with van der Waals surface area (Å²) in [6.07, 6.45) is 0. The molecule has 3 nitrogen and oxygen atoms in total. The van der Waals surface area contributed by atoms with Crippen LogP contribution in [0.2, 0.25) is 0 Å². The van der Waals surface area contributed by atoms with Gasteiger partial charge in [-0.2, -0.15) is 0 Å². The van der Waals surface area contributed by atoms with E-state index in [2.05, 4.69) is 0 Å². The summed E-state index contributed by atoms with van der Waals surface area (Å²) in [4.78, 5) is 0. The molecule has 0 amide bonds. The largest absolute Gasteiger partial charge is 0.412 e. The molecule has 6 N–H and O–H groups in total. The summed E-state index contributed by atoms with van der Waals surface area (Å²) in [5.74, 6) is 0. The Hall–Kier alpha value is 2.35. The molecule has 0 unspecified atom stereocenters. The van der Waals surface area contributed by atoms with Gasteiger partial charge < -0.3 is 16.4 Å². The molecule has 0 fully saturated rings. The smallest absolute Gasteiger partial charge is 0 e. The molecule has 5 heavy (non-hydrogen) atoms. The molecule has 0 aliphatic carbocycles. The van der Waals surface area contributed by atoms with Crippen LogP contribution in [-0.4, -0.2) is 16.4 Å². The maximum atomic E-state index is 0. The van der Waals surface area contributed by atoms with E-state index in [0.29, 0.717) is 0 Å². The first kappa shape index (κ1) is 53.7. The summed E-state index contributed by atoms with van der Waals surface area (Å²) in [5.41, 5.74) is 0. The molecule has 0 spiro atoms. The normalized spacial score (nSPS) is 0. The molecule has 0 bridgehead atoms. The molecule has 0 aliphatic rings. The van der Waals surface area contributed by atoms with Gasteiger partial charge in [0, 0.05) is 73.7 Å². The molecule has 0 saturated heterocycles.